The number of amides is 3. The van der Waals surface area contributed by atoms with Crippen LogP contribution in [-0.2, 0) is 24.7 Å². The predicted octanol–water partition coefficient (Wildman–Crippen LogP) is 4.39. The maximum Gasteiger partial charge on any atom is 0.352 e. The predicted molar refractivity (Wildman–Crippen MR) is 210 cm³/mol. The van der Waals surface area contributed by atoms with E-state index in [1.165, 1.54) is 59.9 Å². The molecule has 1 aromatic heterocycles. The van der Waals surface area contributed by atoms with Crippen molar-refractivity contribution in [2.75, 3.05) is 18.1 Å². The van der Waals surface area contributed by atoms with E-state index in [2.05, 4.69) is 10.6 Å². The summed E-state index contributed by atoms with van der Waals surface area (Å²) in [5.74, 6) is -3.99. The van der Waals surface area contributed by atoms with Gasteiger partial charge in [0, 0.05) is 145 Å². The molecule has 0 bridgehead atoms. The first-order valence-electron chi connectivity index (χ1n) is 17.5. The number of fused-ring (bicyclic) bond motifs is 8. The molecule has 6 N–H and O–H groups in total. The van der Waals surface area contributed by atoms with Crippen molar-refractivity contribution in [3.8, 4) is 28.7 Å². The van der Waals surface area contributed by atoms with Crippen LogP contribution < -0.4 is 21.0 Å². The number of carboxylic acid groups (broad SMARTS) is 1. The standard InChI is InChI=1S/C40H26ClN3O13S2.2Ac/c41-26-8-16-7-22(38(53)56-28(16)12-27(26)47)34(49)42-13-31(48)43-32-35(50)44-33(37(51)52)17(15-59-36(32)44)14-58-20-3-6-23-21(11-20)39(54)57-40(23)24-4-1-18(45)9-29(24)55-30-10-19(46)2-5-25(30)40;;/h1-12,32,36,45-47H,13-15H2,(H,42,49)(H,43,48)(H,51,52);;. The molecule has 9 rings (SSSR count). The summed E-state index contributed by atoms with van der Waals surface area (Å²) < 4.78 is 17.2. The summed E-state index contributed by atoms with van der Waals surface area (Å²) in [6.45, 7) is -0.618. The molecular weight excluding hydrogens is 1280 g/mol. The third-order valence-corrected chi connectivity index (χ3v) is 12.9. The number of thioether (sulfide) groups is 2. The van der Waals surface area contributed by atoms with Gasteiger partial charge < -0.3 is 45.0 Å². The Kier molecular flexibility index (Phi) is 12.9. The summed E-state index contributed by atoms with van der Waals surface area (Å²) in [5.41, 5.74) is -1.00. The molecule has 4 aliphatic rings. The van der Waals surface area contributed by atoms with Crippen molar-refractivity contribution < 1.29 is 146 Å². The van der Waals surface area contributed by atoms with E-state index in [9.17, 15) is 49.2 Å². The van der Waals surface area contributed by atoms with Gasteiger partial charge in [0.2, 0.25) is 5.91 Å². The number of phenols is 3. The number of carbonyl (C=O) groups is 5. The Bertz CT molecular complexity index is 2800. The molecule has 5 heterocycles. The van der Waals surface area contributed by atoms with Gasteiger partial charge in [-0.25, -0.2) is 14.4 Å². The van der Waals surface area contributed by atoms with Crippen LogP contribution >= 0.6 is 35.1 Å². The molecule has 16 nitrogen and oxygen atoms in total. The molecular formula is C40H26Ac2ClN3O13S2. The van der Waals surface area contributed by atoms with Crippen molar-refractivity contribution in [2.45, 2.75) is 21.9 Å². The number of carboxylic acids is 1. The van der Waals surface area contributed by atoms with Crippen LogP contribution in [0.25, 0.3) is 11.0 Å². The number of nitrogens with zero attached hydrogens (tertiary/aromatic N) is 1. The molecule has 0 aliphatic carbocycles. The summed E-state index contributed by atoms with van der Waals surface area (Å²) >= 11 is 8.41. The van der Waals surface area contributed by atoms with E-state index in [1.807, 2.05) is 0 Å². The van der Waals surface area contributed by atoms with Crippen LogP contribution in [0.3, 0.4) is 0 Å². The van der Waals surface area contributed by atoms with Crippen LogP contribution in [-0.4, -0.2) is 84.5 Å². The van der Waals surface area contributed by atoms with Crippen LogP contribution in [0, 0.1) is 88.1 Å². The molecule has 2 unspecified atom stereocenters. The number of aromatic hydroxyl groups is 3. The van der Waals surface area contributed by atoms with Crippen LogP contribution in [0.1, 0.15) is 37.4 Å². The molecule has 21 heteroatoms. The van der Waals surface area contributed by atoms with E-state index in [0.29, 0.717) is 27.2 Å². The smallest absolute Gasteiger partial charge is 0.352 e. The van der Waals surface area contributed by atoms with Gasteiger partial charge in [-0.15, -0.1) is 23.5 Å². The molecule has 5 aromatic rings. The molecule has 2 radical (unpaired) electrons. The van der Waals surface area contributed by atoms with Crippen LogP contribution in [0.2, 0.25) is 5.02 Å². The quantitative estimate of drug-likeness (QED) is 0.0547. The molecule has 0 saturated carbocycles. The molecule has 304 valence electrons. The number of nitrogens with one attached hydrogen (secondary N) is 2. The molecule has 4 aliphatic heterocycles. The van der Waals surface area contributed by atoms with E-state index in [-0.39, 0.29) is 156 Å². The van der Waals surface area contributed by atoms with Gasteiger partial charge in [-0.2, -0.15) is 0 Å². The molecule has 1 fully saturated rings. The van der Waals surface area contributed by atoms with Gasteiger partial charge in [0.05, 0.1) is 17.1 Å². The number of carbonyl (C=O) groups excluding carboxylic acids is 4. The zero-order valence-electron chi connectivity index (χ0n) is 31.0. The van der Waals surface area contributed by atoms with Gasteiger partial charge in [-0.05, 0) is 54.1 Å². The largest absolute Gasteiger partial charge is 0.508 e. The van der Waals surface area contributed by atoms with Gasteiger partial charge in [-0.3, -0.25) is 19.3 Å². The second kappa shape index (κ2) is 17.4. The fraction of sp³-hybridized carbons (Fsp3) is 0.150. The SMILES string of the molecule is O=C(CNC(=O)c1cc2cc(Cl)c(O)cc2oc1=O)NC1C(=O)N2C(C(=O)O)=C(CSc3ccc4c(c3)C(=O)OC43c4ccc(O)cc4Oc4cc(O)ccc43)CSC12.[Ac].[Ac]. The van der Waals surface area contributed by atoms with Crippen molar-refractivity contribution in [3.63, 3.8) is 0 Å². The number of hydrogen-bond donors (Lipinski definition) is 6. The first-order chi connectivity index (χ1) is 28.2. The number of benzene rings is 4. The fourth-order valence-electron chi connectivity index (χ4n) is 7.51. The van der Waals surface area contributed by atoms with Crippen molar-refractivity contribution in [3.05, 3.63) is 127 Å². The molecule has 61 heavy (non-hydrogen) atoms. The van der Waals surface area contributed by atoms with E-state index in [1.54, 1.807) is 30.3 Å². The van der Waals surface area contributed by atoms with Gasteiger partial charge in [0.1, 0.15) is 57.0 Å². The van der Waals surface area contributed by atoms with Gasteiger partial charge in [0.15, 0.2) is 5.60 Å². The van der Waals surface area contributed by atoms with E-state index in [0.717, 1.165) is 11.0 Å². The number of esters is 1. The summed E-state index contributed by atoms with van der Waals surface area (Å²) in [6, 6.07) is 16.6. The number of halogens is 1. The van der Waals surface area contributed by atoms with E-state index < -0.39 is 64.4 Å². The van der Waals surface area contributed by atoms with E-state index >= 15 is 0 Å². The summed E-state index contributed by atoms with van der Waals surface area (Å²) in [7, 11) is 0. The first-order valence-corrected chi connectivity index (χ1v) is 19.9. The normalized spacial score (nSPS) is 17.6. The number of β-lactam (4-membered cyclic amide) rings is 1. The molecule has 4 aromatic carbocycles. The van der Waals surface area contributed by atoms with Gasteiger partial charge in [0.25, 0.3) is 11.8 Å². The first kappa shape index (κ1) is 45.3. The van der Waals surface area contributed by atoms with Crippen molar-refractivity contribution in [1.82, 2.24) is 15.5 Å². The second-order valence-electron chi connectivity index (χ2n) is 13.7. The van der Waals surface area contributed by atoms with Crippen molar-refractivity contribution in [2.24, 2.45) is 0 Å². The maximum absolute atomic E-state index is 13.6. The minimum Gasteiger partial charge on any atom is -0.508 e. The summed E-state index contributed by atoms with van der Waals surface area (Å²) in [6.07, 6.45) is 0. The Labute approximate surface area is 428 Å². The Hall–Kier alpha value is -3.75. The monoisotopic (exact) mass is 1310 g/mol. The topological polar surface area (TPSA) is 242 Å². The zero-order valence-corrected chi connectivity index (χ0v) is 42.8. The van der Waals surface area contributed by atoms with Crippen LogP contribution in [0.5, 0.6) is 28.7 Å². The third-order valence-electron chi connectivity index (χ3n) is 10.2. The molecule has 1 saturated heterocycles. The Morgan fingerprint density at radius 1 is 0.902 bits per heavy atom. The van der Waals surface area contributed by atoms with Gasteiger partial charge >= 0.3 is 17.6 Å². The van der Waals surface area contributed by atoms with Crippen molar-refractivity contribution >= 4 is 75.8 Å². The minimum absolute atomic E-state index is 0. The fourth-order valence-corrected chi connectivity index (χ4v) is 10.1. The van der Waals surface area contributed by atoms with Gasteiger partial charge in [-0.1, -0.05) is 17.7 Å². The number of hydrogen-bond acceptors (Lipinski definition) is 14. The number of ether oxygens (including phenoxy) is 2. The average molecular weight is 1310 g/mol. The number of phenolic OH excluding ortho intramolecular Hbond substituents is 3. The van der Waals surface area contributed by atoms with Crippen LogP contribution in [0.15, 0.2) is 98.2 Å². The summed E-state index contributed by atoms with van der Waals surface area (Å²) in [4.78, 5) is 79.1. The Morgan fingerprint density at radius 3 is 2.25 bits per heavy atom. The molecule has 2 atom stereocenters. The second-order valence-corrected chi connectivity index (χ2v) is 16.3. The zero-order chi connectivity index (χ0) is 41.5. The maximum atomic E-state index is 13.6. The third kappa shape index (κ3) is 7.85. The van der Waals surface area contributed by atoms with E-state index in [4.69, 9.17) is 25.5 Å². The van der Waals surface area contributed by atoms with Crippen LogP contribution in [0.4, 0.5) is 0 Å². The number of rotatable bonds is 8. The Balaban J connectivity index is 0.00000281. The summed E-state index contributed by atoms with van der Waals surface area (Å²) in [5, 5.41) is 44.6. The minimum atomic E-state index is -1.45. The average Bonchev–Trinajstić information content (AvgIpc) is 3.48. The number of aliphatic carboxylic acids is 1. The Morgan fingerprint density at radius 2 is 1.57 bits per heavy atom. The van der Waals surface area contributed by atoms with Crippen molar-refractivity contribution in [1.29, 1.82) is 0 Å². The molecule has 1 spiro atoms. The molecule has 3 amide bonds.